The second kappa shape index (κ2) is 5.12. The summed E-state index contributed by atoms with van der Waals surface area (Å²) in [4.78, 5) is 0. The van der Waals surface area contributed by atoms with E-state index in [0.29, 0.717) is 12.2 Å². The molecular formula is C12H19FN2. The van der Waals surface area contributed by atoms with Gasteiger partial charge in [-0.05, 0) is 25.0 Å². The molecule has 15 heavy (non-hydrogen) atoms. The standard InChI is InChI=1S/C12H19FN2/c1-3-12(4-2,9-14)15-11-8-6-5-7-10(11)13/h5-8,15H,3-4,9,14H2,1-2H3. The molecule has 1 rings (SSSR count). The van der Waals surface area contributed by atoms with Crippen molar-refractivity contribution >= 4 is 5.69 Å². The first-order valence-corrected chi connectivity index (χ1v) is 5.40. The van der Waals surface area contributed by atoms with Gasteiger partial charge in [-0.25, -0.2) is 4.39 Å². The van der Waals surface area contributed by atoms with Gasteiger partial charge in [0.2, 0.25) is 0 Å². The number of para-hydroxylation sites is 1. The molecule has 0 atom stereocenters. The summed E-state index contributed by atoms with van der Waals surface area (Å²) in [6, 6.07) is 6.69. The molecule has 0 fully saturated rings. The highest BCUT2D eigenvalue weighted by atomic mass is 19.1. The van der Waals surface area contributed by atoms with Crippen LogP contribution in [0.25, 0.3) is 0 Å². The molecule has 0 amide bonds. The van der Waals surface area contributed by atoms with Crippen molar-refractivity contribution in [1.29, 1.82) is 0 Å². The molecule has 0 aliphatic rings. The Balaban J connectivity index is 2.88. The molecule has 0 saturated carbocycles. The van der Waals surface area contributed by atoms with Crippen LogP contribution in [0.3, 0.4) is 0 Å². The monoisotopic (exact) mass is 210 g/mol. The van der Waals surface area contributed by atoms with Crippen molar-refractivity contribution in [3.8, 4) is 0 Å². The fourth-order valence-corrected chi connectivity index (χ4v) is 1.61. The summed E-state index contributed by atoms with van der Waals surface area (Å²) in [7, 11) is 0. The molecule has 1 aromatic carbocycles. The molecule has 0 aliphatic heterocycles. The molecule has 1 aromatic rings. The molecule has 0 saturated heterocycles. The molecule has 84 valence electrons. The maximum Gasteiger partial charge on any atom is 0.146 e. The van der Waals surface area contributed by atoms with Crippen LogP contribution in [0.4, 0.5) is 10.1 Å². The topological polar surface area (TPSA) is 38.0 Å². The fourth-order valence-electron chi connectivity index (χ4n) is 1.61. The number of halogens is 1. The Bertz CT molecular complexity index is 300. The first-order valence-electron chi connectivity index (χ1n) is 5.40. The zero-order chi connectivity index (χ0) is 11.3. The Morgan fingerprint density at radius 2 is 1.87 bits per heavy atom. The van der Waals surface area contributed by atoms with Crippen LogP contribution < -0.4 is 11.1 Å². The largest absolute Gasteiger partial charge is 0.376 e. The molecule has 0 bridgehead atoms. The summed E-state index contributed by atoms with van der Waals surface area (Å²) in [6.45, 7) is 4.63. The molecule has 0 radical (unpaired) electrons. The van der Waals surface area contributed by atoms with Crippen LogP contribution in [0.5, 0.6) is 0 Å². The Labute approximate surface area is 90.7 Å². The maximum absolute atomic E-state index is 13.4. The van der Waals surface area contributed by atoms with E-state index >= 15 is 0 Å². The second-order valence-electron chi connectivity index (χ2n) is 3.80. The predicted octanol–water partition coefficient (Wildman–Crippen LogP) is 2.76. The fraction of sp³-hybridized carbons (Fsp3) is 0.500. The Kier molecular flexibility index (Phi) is 4.09. The van der Waals surface area contributed by atoms with Crippen molar-refractivity contribution in [2.45, 2.75) is 32.2 Å². The van der Waals surface area contributed by atoms with Crippen LogP contribution in [-0.4, -0.2) is 12.1 Å². The van der Waals surface area contributed by atoms with Crippen molar-refractivity contribution in [3.05, 3.63) is 30.1 Å². The number of anilines is 1. The first kappa shape index (κ1) is 12.0. The van der Waals surface area contributed by atoms with Crippen LogP contribution in [0.2, 0.25) is 0 Å². The first-order chi connectivity index (χ1) is 7.17. The van der Waals surface area contributed by atoms with E-state index < -0.39 is 0 Å². The molecule has 0 aliphatic carbocycles. The molecular weight excluding hydrogens is 191 g/mol. The van der Waals surface area contributed by atoms with Crippen LogP contribution >= 0.6 is 0 Å². The van der Waals surface area contributed by atoms with Gasteiger partial charge in [0.1, 0.15) is 5.82 Å². The Morgan fingerprint density at radius 1 is 1.27 bits per heavy atom. The lowest BCUT2D eigenvalue weighted by Crippen LogP contribution is -2.44. The van der Waals surface area contributed by atoms with Gasteiger partial charge in [0, 0.05) is 12.1 Å². The van der Waals surface area contributed by atoms with E-state index in [0.717, 1.165) is 12.8 Å². The molecule has 0 aromatic heterocycles. The lowest BCUT2D eigenvalue weighted by atomic mass is 9.92. The zero-order valence-electron chi connectivity index (χ0n) is 9.39. The van der Waals surface area contributed by atoms with E-state index in [1.54, 1.807) is 12.1 Å². The smallest absolute Gasteiger partial charge is 0.146 e. The normalized spacial score (nSPS) is 11.5. The minimum atomic E-state index is -0.225. The average Bonchev–Trinajstić information content (AvgIpc) is 2.29. The lowest BCUT2D eigenvalue weighted by Gasteiger charge is -2.32. The van der Waals surface area contributed by atoms with E-state index in [4.69, 9.17) is 5.73 Å². The lowest BCUT2D eigenvalue weighted by molar-refractivity contribution is 0.442. The van der Waals surface area contributed by atoms with Crippen molar-refractivity contribution in [1.82, 2.24) is 0 Å². The van der Waals surface area contributed by atoms with Gasteiger partial charge in [0.25, 0.3) is 0 Å². The van der Waals surface area contributed by atoms with Crippen molar-refractivity contribution < 1.29 is 4.39 Å². The van der Waals surface area contributed by atoms with E-state index in [2.05, 4.69) is 19.2 Å². The van der Waals surface area contributed by atoms with E-state index in [-0.39, 0.29) is 11.4 Å². The van der Waals surface area contributed by atoms with Gasteiger partial charge < -0.3 is 11.1 Å². The maximum atomic E-state index is 13.4. The minimum Gasteiger partial charge on any atom is -0.376 e. The van der Waals surface area contributed by atoms with E-state index in [9.17, 15) is 4.39 Å². The van der Waals surface area contributed by atoms with Gasteiger partial charge >= 0.3 is 0 Å². The van der Waals surface area contributed by atoms with Gasteiger partial charge in [0.15, 0.2) is 0 Å². The van der Waals surface area contributed by atoms with Crippen molar-refractivity contribution in [3.63, 3.8) is 0 Å². The zero-order valence-corrected chi connectivity index (χ0v) is 9.39. The van der Waals surface area contributed by atoms with Gasteiger partial charge in [-0.3, -0.25) is 0 Å². The van der Waals surface area contributed by atoms with Crippen LogP contribution in [0.1, 0.15) is 26.7 Å². The number of nitrogens with one attached hydrogen (secondary N) is 1. The molecule has 3 N–H and O–H groups in total. The van der Waals surface area contributed by atoms with Crippen LogP contribution in [-0.2, 0) is 0 Å². The average molecular weight is 210 g/mol. The van der Waals surface area contributed by atoms with E-state index in [1.807, 2.05) is 6.07 Å². The third kappa shape index (κ3) is 2.69. The quantitative estimate of drug-likeness (QED) is 0.784. The molecule has 3 heteroatoms. The summed E-state index contributed by atoms with van der Waals surface area (Å²) in [6.07, 6.45) is 1.77. The van der Waals surface area contributed by atoms with Gasteiger partial charge in [-0.2, -0.15) is 0 Å². The predicted molar refractivity (Wildman–Crippen MR) is 62.4 cm³/mol. The summed E-state index contributed by atoms with van der Waals surface area (Å²) >= 11 is 0. The minimum absolute atomic E-state index is 0.192. The molecule has 2 nitrogen and oxygen atoms in total. The Morgan fingerprint density at radius 3 is 2.33 bits per heavy atom. The number of nitrogens with two attached hydrogens (primary N) is 1. The number of hydrogen-bond donors (Lipinski definition) is 2. The highest BCUT2D eigenvalue weighted by Gasteiger charge is 2.24. The van der Waals surface area contributed by atoms with Crippen molar-refractivity contribution in [2.24, 2.45) is 5.73 Å². The van der Waals surface area contributed by atoms with Crippen molar-refractivity contribution in [2.75, 3.05) is 11.9 Å². The van der Waals surface area contributed by atoms with Gasteiger partial charge in [0.05, 0.1) is 5.69 Å². The third-order valence-corrected chi connectivity index (χ3v) is 3.02. The highest BCUT2D eigenvalue weighted by molar-refractivity contribution is 5.46. The molecule has 0 spiro atoms. The van der Waals surface area contributed by atoms with Crippen LogP contribution in [0, 0.1) is 5.82 Å². The van der Waals surface area contributed by atoms with Gasteiger partial charge in [-0.15, -0.1) is 0 Å². The molecule has 0 heterocycles. The number of benzene rings is 1. The molecule has 0 unspecified atom stereocenters. The van der Waals surface area contributed by atoms with Crippen LogP contribution in [0.15, 0.2) is 24.3 Å². The van der Waals surface area contributed by atoms with Gasteiger partial charge in [-0.1, -0.05) is 26.0 Å². The van der Waals surface area contributed by atoms with E-state index in [1.165, 1.54) is 6.07 Å². The summed E-state index contributed by atoms with van der Waals surface area (Å²) in [5.74, 6) is -0.225. The second-order valence-corrected chi connectivity index (χ2v) is 3.80. The third-order valence-electron chi connectivity index (χ3n) is 3.02. The number of hydrogen-bond acceptors (Lipinski definition) is 2. The highest BCUT2D eigenvalue weighted by Crippen LogP contribution is 2.23. The summed E-state index contributed by atoms with van der Waals surface area (Å²) in [5.41, 5.74) is 6.08. The Hall–Kier alpha value is -1.09. The summed E-state index contributed by atoms with van der Waals surface area (Å²) in [5, 5.41) is 3.21. The summed E-state index contributed by atoms with van der Waals surface area (Å²) < 4.78 is 13.4. The SMILES string of the molecule is CCC(CC)(CN)Nc1ccccc1F. The number of rotatable bonds is 5.